The molecule has 0 aromatic heterocycles. The number of hydrogen-bond acceptors (Lipinski definition) is 6. The Kier molecular flexibility index (Phi) is 6.63. The number of carbonyl (C=O) groups excluding carboxylic acids is 1. The maximum atomic E-state index is 12.9. The lowest BCUT2D eigenvalue weighted by molar-refractivity contribution is -0.428. The van der Waals surface area contributed by atoms with Gasteiger partial charge in [0.2, 0.25) is 10.0 Å². The van der Waals surface area contributed by atoms with Crippen molar-refractivity contribution in [3.63, 3.8) is 0 Å². The summed E-state index contributed by atoms with van der Waals surface area (Å²) in [5, 5.41) is 9.46. The summed E-state index contributed by atoms with van der Waals surface area (Å²) in [4.78, 5) is 25.5. The van der Waals surface area contributed by atoms with Crippen molar-refractivity contribution in [2.75, 3.05) is 38.1 Å². The molecule has 0 atom stereocenters. The minimum Gasteiger partial charge on any atom is -0.368 e. The first kappa shape index (κ1) is 22.4. The molecule has 12 heteroatoms. The van der Waals surface area contributed by atoms with Gasteiger partial charge in [0.05, 0.1) is 26.2 Å². The number of piperazine rings is 1. The fraction of sp³-hybridized carbons (Fsp3) is 0.278. The van der Waals surface area contributed by atoms with Crippen LogP contribution in [-0.2, 0) is 10.0 Å². The number of nitroso groups, excluding NO2 is 1. The SMILES string of the molecule is C[N+](=O)c1ccc(N2CCN(S(=O)(=O)c3ccc(Cl)c(Cl)c3)CC2)c(C(=O)NO)c1. The molecule has 1 aliphatic rings. The Hall–Kier alpha value is -2.24. The number of amides is 1. The van der Waals surface area contributed by atoms with E-state index in [2.05, 4.69) is 0 Å². The molecule has 0 aliphatic carbocycles. The molecule has 0 bridgehead atoms. The lowest BCUT2D eigenvalue weighted by atomic mass is 10.1. The second kappa shape index (κ2) is 8.86. The highest BCUT2D eigenvalue weighted by Gasteiger charge is 2.30. The standard InChI is InChI=1S/C18H18Cl2N4O5S/c1-22(27)12-2-5-17(14(10-12)18(25)21-26)23-6-8-24(9-7-23)30(28,29)13-3-4-15(19)16(20)11-13/h2-5,10-11H,6-9H2,1H3,(H-,21,25,26)/p+1. The largest absolute Gasteiger partial charge is 0.368 e. The van der Waals surface area contributed by atoms with E-state index in [1.807, 2.05) is 4.90 Å². The van der Waals surface area contributed by atoms with Gasteiger partial charge in [0.1, 0.15) is 0 Å². The topological polar surface area (TPSA) is 110 Å². The Labute approximate surface area is 183 Å². The third-order valence-electron chi connectivity index (χ3n) is 4.80. The Balaban J connectivity index is 1.82. The number of benzene rings is 2. The van der Waals surface area contributed by atoms with Crippen LogP contribution in [0.3, 0.4) is 0 Å². The number of rotatable bonds is 5. The Morgan fingerprint density at radius 2 is 1.73 bits per heavy atom. The zero-order chi connectivity index (χ0) is 22.1. The molecule has 1 amide bonds. The molecule has 1 heterocycles. The molecule has 2 N–H and O–H groups in total. The molecule has 0 saturated carbocycles. The van der Waals surface area contributed by atoms with Gasteiger partial charge in [-0.1, -0.05) is 23.2 Å². The predicted molar refractivity (Wildman–Crippen MR) is 112 cm³/mol. The number of hydrogen-bond donors (Lipinski definition) is 2. The summed E-state index contributed by atoms with van der Waals surface area (Å²) in [6.07, 6.45) is 0. The Bertz CT molecular complexity index is 1100. The van der Waals surface area contributed by atoms with Crippen LogP contribution in [0.5, 0.6) is 0 Å². The van der Waals surface area contributed by atoms with Crippen LogP contribution in [0, 0.1) is 4.91 Å². The number of hydroxylamine groups is 1. The fourth-order valence-electron chi connectivity index (χ4n) is 3.19. The Morgan fingerprint density at radius 1 is 1.07 bits per heavy atom. The second-order valence-corrected chi connectivity index (χ2v) is 9.36. The van der Waals surface area contributed by atoms with Crippen LogP contribution < -0.4 is 10.4 Å². The van der Waals surface area contributed by atoms with E-state index in [4.69, 9.17) is 28.4 Å². The predicted octanol–water partition coefficient (Wildman–Crippen LogP) is 2.66. The average Bonchev–Trinajstić information content (AvgIpc) is 2.74. The molecule has 0 radical (unpaired) electrons. The summed E-state index contributed by atoms with van der Waals surface area (Å²) in [7, 11) is -2.47. The van der Waals surface area contributed by atoms with Crippen LogP contribution in [0.2, 0.25) is 10.0 Å². The molecule has 30 heavy (non-hydrogen) atoms. The van der Waals surface area contributed by atoms with Gasteiger partial charge in [0.25, 0.3) is 11.6 Å². The van der Waals surface area contributed by atoms with E-state index < -0.39 is 15.9 Å². The monoisotopic (exact) mass is 473 g/mol. The average molecular weight is 474 g/mol. The number of anilines is 1. The quantitative estimate of drug-likeness (QED) is 0.392. The summed E-state index contributed by atoms with van der Waals surface area (Å²) in [5.74, 6) is -0.764. The van der Waals surface area contributed by atoms with E-state index in [1.54, 1.807) is 17.6 Å². The zero-order valence-electron chi connectivity index (χ0n) is 15.9. The van der Waals surface area contributed by atoms with Gasteiger partial charge >= 0.3 is 0 Å². The third-order valence-corrected chi connectivity index (χ3v) is 7.43. The van der Waals surface area contributed by atoms with E-state index in [-0.39, 0.29) is 39.3 Å². The number of halogens is 2. The van der Waals surface area contributed by atoms with Gasteiger partial charge in [-0.2, -0.15) is 4.31 Å². The number of nitrogens with one attached hydrogen (secondary N) is 1. The van der Waals surface area contributed by atoms with Crippen molar-refractivity contribution in [1.82, 2.24) is 9.79 Å². The highest BCUT2D eigenvalue weighted by molar-refractivity contribution is 7.89. The van der Waals surface area contributed by atoms with E-state index in [9.17, 15) is 18.1 Å². The van der Waals surface area contributed by atoms with Gasteiger partial charge < -0.3 is 4.90 Å². The van der Waals surface area contributed by atoms with Gasteiger partial charge in [-0.05, 0) is 24.3 Å². The summed E-state index contributed by atoms with van der Waals surface area (Å²) in [5.41, 5.74) is 2.42. The lowest BCUT2D eigenvalue weighted by Gasteiger charge is -2.36. The van der Waals surface area contributed by atoms with Crippen LogP contribution >= 0.6 is 23.2 Å². The normalized spacial score (nSPS) is 15.1. The second-order valence-electron chi connectivity index (χ2n) is 6.61. The van der Waals surface area contributed by atoms with Gasteiger partial charge in [0.15, 0.2) is 7.05 Å². The fourth-order valence-corrected chi connectivity index (χ4v) is 5.01. The van der Waals surface area contributed by atoms with Crippen LogP contribution in [0.1, 0.15) is 10.4 Å². The first-order valence-electron chi connectivity index (χ1n) is 8.84. The molecular formula is C18H19Cl2N4O5S+. The van der Waals surface area contributed by atoms with E-state index in [0.717, 1.165) is 0 Å². The van der Waals surface area contributed by atoms with Crippen LogP contribution in [-0.4, -0.2) is 61.8 Å². The molecule has 1 fully saturated rings. The molecule has 160 valence electrons. The molecule has 2 aromatic rings. The number of carbonyl (C=O) groups is 1. The van der Waals surface area contributed by atoms with Crippen LogP contribution in [0.4, 0.5) is 11.4 Å². The maximum absolute atomic E-state index is 12.9. The van der Waals surface area contributed by atoms with Gasteiger partial charge in [-0.25, -0.2) is 13.9 Å². The van der Waals surface area contributed by atoms with Crippen LogP contribution in [0.15, 0.2) is 41.3 Å². The minimum atomic E-state index is -3.76. The zero-order valence-corrected chi connectivity index (χ0v) is 18.2. The highest BCUT2D eigenvalue weighted by atomic mass is 35.5. The van der Waals surface area contributed by atoms with Crippen molar-refractivity contribution in [2.24, 2.45) is 0 Å². The molecular weight excluding hydrogens is 455 g/mol. The summed E-state index contributed by atoms with van der Waals surface area (Å²) >= 11 is 11.8. The molecule has 1 saturated heterocycles. The van der Waals surface area contributed by atoms with Gasteiger partial charge in [-0.15, -0.1) is 0 Å². The smallest absolute Gasteiger partial charge is 0.276 e. The highest BCUT2D eigenvalue weighted by Crippen LogP contribution is 2.29. The minimum absolute atomic E-state index is 0.0496. The third kappa shape index (κ3) is 4.42. The van der Waals surface area contributed by atoms with Crippen molar-refractivity contribution >= 4 is 50.5 Å². The van der Waals surface area contributed by atoms with Crippen molar-refractivity contribution in [1.29, 1.82) is 0 Å². The van der Waals surface area contributed by atoms with Crippen LogP contribution in [0.25, 0.3) is 0 Å². The van der Waals surface area contributed by atoms with Gasteiger partial charge in [-0.3, -0.25) is 10.0 Å². The lowest BCUT2D eigenvalue weighted by Crippen LogP contribution is -2.49. The molecule has 9 nitrogen and oxygen atoms in total. The molecule has 0 spiro atoms. The summed E-state index contributed by atoms with van der Waals surface area (Å²) in [6.45, 7) is 0.954. The molecule has 3 rings (SSSR count). The van der Waals surface area contributed by atoms with Gasteiger partial charge in [0, 0.05) is 48.0 Å². The first-order chi connectivity index (χ1) is 14.1. The van der Waals surface area contributed by atoms with Crippen molar-refractivity contribution < 1.29 is 23.2 Å². The van der Waals surface area contributed by atoms with E-state index in [0.29, 0.717) is 23.5 Å². The van der Waals surface area contributed by atoms with Crippen molar-refractivity contribution in [2.45, 2.75) is 4.90 Å². The number of sulfonamides is 1. The summed E-state index contributed by atoms with van der Waals surface area (Å²) in [6, 6.07) is 8.66. The Morgan fingerprint density at radius 3 is 2.30 bits per heavy atom. The number of nitrogens with zero attached hydrogens (tertiary/aromatic N) is 3. The first-order valence-corrected chi connectivity index (χ1v) is 11.0. The van der Waals surface area contributed by atoms with E-state index >= 15 is 0 Å². The molecule has 0 unspecified atom stereocenters. The van der Waals surface area contributed by atoms with E-state index in [1.165, 1.54) is 35.6 Å². The maximum Gasteiger partial charge on any atom is 0.276 e. The molecule has 1 aliphatic heterocycles. The summed E-state index contributed by atoms with van der Waals surface area (Å²) < 4.78 is 27.7. The van der Waals surface area contributed by atoms with Crippen molar-refractivity contribution in [3.05, 3.63) is 56.9 Å². The molecule has 2 aromatic carbocycles. The van der Waals surface area contributed by atoms with Crippen molar-refractivity contribution in [3.8, 4) is 0 Å².